The van der Waals surface area contributed by atoms with E-state index in [1.165, 1.54) is 13.0 Å². The maximum absolute atomic E-state index is 14.5. The number of carbonyl (C=O) groups is 2. The number of nitrogens with one attached hydrogen (secondary N) is 1. The maximum Gasteiger partial charge on any atom is 0.268 e. The number of fused-ring (bicyclic) bond motifs is 1. The fourth-order valence-electron chi connectivity index (χ4n) is 3.94. The van der Waals surface area contributed by atoms with Crippen molar-refractivity contribution in [1.82, 2.24) is 14.9 Å². The van der Waals surface area contributed by atoms with Crippen molar-refractivity contribution < 1.29 is 18.7 Å². The molecule has 0 unspecified atom stereocenters. The first kappa shape index (κ1) is 19.8. The van der Waals surface area contributed by atoms with Gasteiger partial charge in [-0.15, -0.1) is 0 Å². The van der Waals surface area contributed by atoms with Gasteiger partial charge in [-0.05, 0) is 48.4 Å². The number of amides is 1. The van der Waals surface area contributed by atoms with E-state index in [0.717, 1.165) is 0 Å². The number of halogens is 1. The molecule has 3 heterocycles. The van der Waals surface area contributed by atoms with Crippen LogP contribution < -0.4 is 10.1 Å². The Kier molecular flexibility index (Phi) is 4.89. The molecule has 0 radical (unpaired) electrons. The lowest BCUT2D eigenvalue weighted by molar-refractivity contribution is 0.0875. The Labute approximate surface area is 173 Å². The minimum Gasteiger partial charge on any atom is -0.491 e. The molecule has 30 heavy (non-hydrogen) atoms. The van der Waals surface area contributed by atoms with Gasteiger partial charge in [-0.2, -0.15) is 0 Å². The van der Waals surface area contributed by atoms with E-state index in [0.29, 0.717) is 47.0 Å². The highest BCUT2D eigenvalue weighted by atomic mass is 19.1. The first-order valence-corrected chi connectivity index (χ1v) is 9.67. The van der Waals surface area contributed by atoms with E-state index in [2.05, 4.69) is 10.3 Å². The Morgan fingerprint density at radius 2 is 1.97 bits per heavy atom. The zero-order valence-electron chi connectivity index (χ0n) is 17.0. The van der Waals surface area contributed by atoms with Gasteiger partial charge in [0.1, 0.15) is 28.5 Å². The summed E-state index contributed by atoms with van der Waals surface area (Å²) >= 11 is 0. The number of Topliss-reactive ketones (excluding diaryl/α,β-unsaturated/α-hetero) is 1. The molecule has 1 aliphatic rings. The molecule has 7 heteroatoms. The third-order valence-corrected chi connectivity index (χ3v) is 5.62. The average molecular weight is 407 g/mol. The van der Waals surface area contributed by atoms with Crippen molar-refractivity contribution in [2.75, 3.05) is 6.61 Å². The number of carbonyl (C=O) groups excluding carboxylic acids is 2. The van der Waals surface area contributed by atoms with Gasteiger partial charge in [0.05, 0.1) is 12.3 Å². The van der Waals surface area contributed by atoms with Crippen molar-refractivity contribution in [2.24, 2.45) is 7.05 Å². The fourth-order valence-corrected chi connectivity index (χ4v) is 3.94. The lowest BCUT2D eigenvalue weighted by Gasteiger charge is -2.39. The van der Waals surface area contributed by atoms with Gasteiger partial charge in [0.2, 0.25) is 0 Å². The monoisotopic (exact) mass is 407 g/mol. The van der Waals surface area contributed by atoms with Crippen molar-refractivity contribution in [1.29, 1.82) is 0 Å². The van der Waals surface area contributed by atoms with E-state index in [1.54, 1.807) is 61.1 Å². The van der Waals surface area contributed by atoms with Gasteiger partial charge in [-0.25, -0.2) is 4.39 Å². The summed E-state index contributed by atoms with van der Waals surface area (Å²) in [6.45, 7) is 3.47. The minimum absolute atomic E-state index is 0.134. The topological polar surface area (TPSA) is 73.2 Å². The Balaban J connectivity index is 1.84. The second kappa shape index (κ2) is 7.40. The van der Waals surface area contributed by atoms with E-state index in [4.69, 9.17) is 4.74 Å². The Morgan fingerprint density at radius 3 is 2.67 bits per heavy atom. The number of ketones is 1. The van der Waals surface area contributed by atoms with Gasteiger partial charge < -0.3 is 14.6 Å². The zero-order chi connectivity index (χ0) is 21.5. The van der Waals surface area contributed by atoms with Crippen LogP contribution in [0.3, 0.4) is 0 Å². The van der Waals surface area contributed by atoms with Gasteiger partial charge in [0.25, 0.3) is 5.91 Å². The number of nitrogens with zero attached hydrogens (tertiary/aromatic N) is 2. The second-order valence-electron chi connectivity index (χ2n) is 7.49. The number of aromatic nitrogens is 2. The SMILES string of the molecule is CC(=O)c1ccc(C(=O)N[C@]2(c3ccc(C)c(F)c3)CCOc3cccnc32)n1C. The molecule has 1 N–H and O–H groups in total. The van der Waals surface area contributed by atoms with Gasteiger partial charge in [0.15, 0.2) is 5.78 Å². The summed E-state index contributed by atoms with van der Waals surface area (Å²) in [5.74, 6) is -0.335. The number of ether oxygens (including phenoxy) is 1. The summed E-state index contributed by atoms with van der Waals surface area (Å²) < 4.78 is 21.8. The first-order chi connectivity index (χ1) is 14.3. The molecule has 2 aromatic heterocycles. The highest BCUT2D eigenvalue weighted by Gasteiger charge is 2.43. The molecular weight excluding hydrogens is 385 g/mol. The lowest BCUT2D eigenvalue weighted by atomic mass is 9.81. The van der Waals surface area contributed by atoms with Crippen LogP contribution in [0.1, 0.15) is 51.1 Å². The van der Waals surface area contributed by atoms with Crippen LogP contribution in [-0.2, 0) is 12.6 Å². The van der Waals surface area contributed by atoms with Gasteiger partial charge in [0, 0.05) is 26.6 Å². The summed E-state index contributed by atoms with van der Waals surface area (Å²) in [6.07, 6.45) is 2.00. The smallest absolute Gasteiger partial charge is 0.268 e. The summed E-state index contributed by atoms with van der Waals surface area (Å²) in [4.78, 5) is 29.6. The largest absolute Gasteiger partial charge is 0.491 e. The molecule has 0 bridgehead atoms. The highest BCUT2D eigenvalue weighted by Crippen LogP contribution is 2.41. The van der Waals surface area contributed by atoms with Crippen molar-refractivity contribution in [3.05, 3.63) is 82.7 Å². The maximum atomic E-state index is 14.5. The molecule has 1 aromatic carbocycles. The second-order valence-corrected chi connectivity index (χ2v) is 7.49. The molecule has 0 saturated heterocycles. The van der Waals surface area contributed by atoms with Crippen LogP contribution in [0.2, 0.25) is 0 Å². The molecular formula is C23H22FN3O3. The van der Waals surface area contributed by atoms with E-state index < -0.39 is 5.54 Å². The van der Waals surface area contributed by atoms with Crippen LogP contribution in [0.25, 0.3) is 0 Å². The number of pyridine rings is 1. The third kappa shape index (κ3) is 3.16. The van der Waals surface area contributed by atoms with Crippen LogP contribution in [-0.4, -0.2) is 27.8 Å². The van der Waals surface area contributed by atoms with Crippen molar-refractivity contribution in [3.8, 4) is 5.75 Å². The number of hydrogen-bond donors (Lipinski definition) is 1. The van der Waals surface area contributed by atoms with Gasteiger partial charge in [-0.3, -0.25) is 14.6 Å². The zero-order valence-corrected chi connectivity index (χ0v) is 17.0. The number of aryl methyl sites for hydroxylation is 1. The Hall–Kier alpha value is -3.48. The average Bonchev–Trinajstić information content (AvgIpc) is 3.12. The quantitative estimate of drug-likeness (QED) is 0.672. The molecule has 0 aliphatic carbocycles. The summed E-state index contributed by atoms with van der Waals surface area (Å²) in [5.41, 5.74) is 1.32. The van der Waals surface area contributed by atoms with Gasteiger partial charge in [-0.1, -0.05) is 12.1 Å². The molecule has 1 amide bonds. The van der Waals surface area contributed by atoms with E-state index >= 15 is 0 Å². The van der Waals surface area contributed by atoms with Crippen molar-refractivity contribution >= 4 is 11.7 Å². The number of benzene rings is 1. The first-order valence-electron chi connectivity index (χ1n) is 9.67. The standard InChI is InChI=1S/C23H22FN3O3/c1-14-6-7-16(13-17(14)24)23(10-12-30-20-5-4-11-25-21(20)23)26-22(29)19-9-8-18(15(2)28)27(19)3/h4-9,11,13H,10,12H2,1-3H3,(H,26,29)/t23-/m0/s1. The molecule has 0 saturated carbocycles. The lowest BCUT2D eigenvalue weighted by Crippen LogP contribution is -2.50. The summed E-state index contributed by atoms with van der Waals surface area (Å²) in [5, 5.41) is 3.08. The molecule has 0 spiro atoms. The molecule has 1 atom stereocenters. The number of rotatable bonds is 4. The van der Waals surface area contributed by atoms with Crippen LogP contribution in [0.5, 0.6) is 5.75 Å². The van der Waals surface area contributed by atoms with Gasteiger partial charge >= 0.3 is 0 Å². The van der Waals surface area contributed by atoms with Crippen molar-refractivity contribution in [3.63, 3.8) is 0 Å². The highest BCUT2D eigenvalue weighted by molar-refractivity contribution is 5.98. The summed E-state index contributed by atoms with van der Waals surface area (Å²) in [7, 11) is 1.67. The van der Waals surface area contributed by atoms with E-state index in [-0.39, 0.29) is 17.5 Å². The molecule has 1 aliphatic heterocycles. The molecule has 3 aromatic rings. The van der Waals surface area contributed by atoms with E-state index in [1.807, 2.05) is 0 Å². The molecule has 154 valence electrons. The van der Waals surface area contributed by atoms with Crippen LogP contribution in [0, 0.1) is 12.7 Å². The van der Waals surface area contributed by atoms with Crippen molar-refractivity contribution in [2.45, 2.75) is 25.8 Å². The Morgan fingerprint density at radius 1 is 1.20 bits per heavy atom. The molecule has 0 fully saturated rings. The predicted molar refractivity (Wildman–Crippen MR) is 109 cm³/mol. The van der Waals surface area contributed by atoms with Crippen LogP contribution in [0.15, 0.2) is 48.7 Å². The normalized spacial score (nSPS) is 17.7. The molecule has 6 nitrogen and oxygen atoms in total. The van der Waals surface area contributed by atoms with E-state index in [9.17, 15) is 14.0 Å². The fraction of sp³-hybridized carbons (Fsp3) is 0.261. The number of hydrogen-bond acceptors (Lipinski definition) is 4. The Bertz CT molecular complexity index is 1150. The van der Waals surface area contributed by atoms with Crippen LogP contribution in [0.4, 0.5) is 4.39 Å². The van der Waals surface area contributed by atoms with Crippen LogP contribution >= 0.6 is 0 Å². The third-order valence-electron chi connectivity index (χ3n) is 5.62. The molecule has 4 rings (SSSR count). The predicted octanol–water partition coefficient (Wildman–Crippen LogP) is 3.53. The minimum atomic E-state index is -1.07. The summed E-state index contributed by atoms with van der Waals surface area (Å²) in [6, 6.07) is 11.7.